The van der Waals surface area contributed by atoms with Gasteiger partial charge in [0.15, 0.2) is 0 Å². The fourth-order valence-corrected chi connectivity index (χ4v) is 3.33. The van der Waals surface area contributed by atoms with E-state index in [1.807, 2.05) is 24.3 Å². The summed E-state index contributed by atoms with van der Waals surface area (Å²) < 4.78 is 5.63. The molecular weight excluding hydrogens is 298 g/mol. The maximum absolute atomic E-state index is 10.2. The number of likely N-dealkylation sites (N-methyl/N-ethyl adjacent to an activating group) is 1. The molecule has 0 saturated heterocycles. The van der Waals surface area contributed by atoms with Crippen molar-refractivity contribution in [2.45, 2.75) is 57.8 Å². The van der Waals surface area contributed by atoms with Crippen molar-refractivity contribution in [2.24, 2.45) is 0 Å². The zero-order valence-electron chi connectivity index (χ0n) is 13.5. The molecule has 124 valence electrons. The van der Waals surface area contributed by atoms with E-state index < -0.39 is 6.10 Å². The first kappa shape index (κ1) is 17.7. The lowest BCUT2D eigenvalue weighted by molar-refractivity contribution is 0.0000486. The van der Waals surface area contributed by atoms with E-state index in [1.165, 1.54) is 32.1 Å². The van der Waals surface area contributed by atoms with Crippen molar-refractivity contribution < 1.29 is 9.84 Å². The van der Waals surface area contributed by atoms with Crippen LogP contribution >= 0.6 is 11.6 Å². The number of benzene rings is 1. The largest absolute Gasteiger partial charge is 0.389 e. The highest BCUT2D eigenvalue weighted by Crippen LogP contribution is 2.22. The van der Waals surface area contributed by atoms with Crippen molar-refractivity contribution in [1.29, 1.82) is 0 Å². The molecule has 4 heteroatoms. The zero-order valence-corrected chi connectivity index (χ0v) is 14.3. The summed E-state index contributed by atoms with van der Waals surface area (Å²) in [5.74, 6) is 0. The number of aliphatic hydroxyl groups is 1. The van der Waals surface area contributed by atoms with Gasteiger partial charge in [0.05, 0.1) is 19.3 Å². The molecule has 1 aliphatic carbocycles. The van der Waals surface area contributed by atoms with Gasteiger partial charge in [-0.15, -0.1) is 0 Å². The van der Waals surface area contributed by atoms with Gasteiger partial charge in [-0.1, -0.05) is 49.9 Å². The Kier molecular flexibility index (Phi) is 7.67. The highest BCUT2D eigenvalue weighted by molar-refractivity contribution is 6.30. The number of rotatable bonds is 8. The number of ether oxygens (including phenoxy) is 1. The fourth-order valence-electron chi connectivity index (χ4n) is 3.20. The van der Waals surface area contributed by atoms with Crippen LogP contribution in [0.2, 0.25) is 5.02 Å². The molecule has 2 rings (SSSR count). The summed E-state index contributed by atoms with van der Waals surface area (Å²) in [4.78, 5) is 2.41. The molecule has 1 aromatic carbocycles. The second kappa shape index (κ2) is 9.51. The number of aliphatic hydroxyl groups excluding tert-OH is 1. The van der Waals surface area contributed by atoms with E-state index in [0.29, 0.717) is 25.8 Å². The molecule has 1 aromatic rings. The number of nitrogens with zero attached hydrogens (tertiary/aromatic N) is 1. The van der Waals surface area contributed by atoms with Crippen molar-refractivity contribution >= 4 is 11.6 Å². The molecule has 1 N–H and O–H groups in total. The van der Waals surface area contributed by atoms with E-state index in [0.717, 1.165) is 17.1 Å². The summed E-state index contributed by atoms with van der Waals surface area (Å²) in [5.41, 5.74) is 1.08. The Morgan fingerprint density at radius 1 is 1.23 bits per heavy atom. The van der Waals surface area contributed by atoms with Crippen LogP contribution in [0.25, 0.3) is 0 Å². The molecule has 3 nitrogen and oxygen atoms in total. The number of hydrogen-bond acceptors (Lipinski definition) is 3. The highest BCUT2D eigenvalue weighted by Gasteiger charge is 2.21. The Bertz CT molecular complexity index is 418. The van der Waals surface area contributed by atoms with E-state index in [1.54, 1.807) is 0 Å². The van der Waals surface area contributed by atoms with E-state index in [2.05, 4.69) is 11.8 Å². The van der Waals surface area contributed by atoms with E-state index in [-0.39, 0.29) is 0 Å². The summed E-state index contributed by atoms with van der Waals surface area (Å²) in [5, 5.41) is 10.9. The summed E-state index contributed by atoms with van der Waals surface area (Å²) in [7, 11) is 0. The van der Waals surface area contributed by atoms with Gasteiger partial charge in [-0.3, -0.25) is 4.90 Å². The van der Waals surface area contributed by atoms with Crippen LogP contribution in [0, 0.1) is 0 Å². The molecule has 0 heterocycles. The van der Waals surface area contributed by atoms with Crippen LogP contribution in [0.15, 0.2) is 24.3 Å². The first-order valence-electron chi connectivity index (χ1n) is 8.43. The van der Waals surface area contributed by atoms with Crippen molar-refractivity contribution in [1.82, 2.24) is 4.90 Å². The lowest BCUT2D eigenvalue weighted by atomic mass is 9.94. The summed E-state index contributed by atoms with van der Waals surface area (Å²) in [6.45, 7) is 4.78. The molecule has 0 bridgehead atoms. The molecule has 0 spiro atoms. The normalized spacial score (nSPS) is 17.8. The summed E-state index contributed by atoms with van der Waals surface area (Å²) >= 11 is 5.86. The summed E-state index contributed by atoms with van der Waals surface area (Å²) in [6, 6.07) is 8.27. The predicted molar refractivity (Wildman–Crippen MR) is 91.2 cm³/mol. The molecule has 1 atom stereocenters. The Labute approximate surface area is 139 Å². The first-order valence-corrected chi connectivity index (χ1v) is 8.81. The SMILES string of the molecule is CCN(C[C@H](O)COCc1ccc(Cl)cc1)C1CCCCC1. The van der Waals surface area contributed by atoms with Crippen LogP contribution in [0.1, 0.15) is 44.6 Å². The van der Waals surface area contributed by atoms with Crippen LogP contribution in [0.5, 0.6) is 0 Å². The third-order valence-corrected chi connectivity index (χ3v) is 4.69. The zero-order chi connectivity index (χ0) is 15.8. The third-order valence-electron chi connectivity index (χ3n) is 4.43. The highest BCUT2D eigenvalue weighted by atomic mass is 35.5. The molecule has 0 aromatic heterocycles. The van der Waals surface area contributed by atoms with Gasteiger partial charge < -0.3 is 9.84 Å². The van der Waals surface area contributed by atoms with E-state index in [9.17, 15) is 5.11 Å². The van der Waals surface area contributed by atoms with E-state index >= 15 is 0 Å². The monoisotopic (exact) mass is 325 g/mol. The lowest BCUT2D eigenvalue weighted by Crippen LogP contribution is -2.42. The van der Waals surface area contributed by atoms with Crippen LogP contribution in [-0.4, -0.2) is 41.8 Å². The van der Waals surface area contributed by atoms with Crippen LogP contribution in [0.4, 0.5) is 0 Å². The lowest BCUT2D eigenvalue weighted by Gasteiger charge is -2.34. The quantitative estimate of drug-likeness (QED) is 0.787. The average Bonchev–Trinajstić information content (AvgIpc) is 2.55. The molecule has 1 saturated carbocycles. The molecule has 1 aliphatic rings. The van der Waals surface area contributed by atoms with Crippen molar-refractivity contribution in [2.75, 3.05) is 19.7 Å². The Hall–Kier alpha value is -0.610. The standard InChI is InChI=1S/C18H28ClNO2/c1-2-20(17-6-4-3-5-7-17)12-18(21)14-22-13-15-8-10-16(19)11-9-15/h8-11,17-18,21H,2-7,12-14H2,1H3/t18-/m0/s1. The molecule has 0 amide bonds. The van der Waals surface area contributed by atoms with Gasteiger partial charge in [0.1, 0.15) is 0 Å². The van der Waals surface area contributed by atoms with E-state index in [4.69, 9.17) is 16.3 Å². The maximum Gasteiger partial charge on any atom is 0.0900 e. The second-order valence-electron chi connectivity index (χ2n) is 6.17. The van der Waals surface area contributed by atoms with Gasteiger partial charge in [0.2, 0.25) is 0 Å². The molecule has 0 aliphatic heterocycles. The topological polar surface area (TPSA) is 32.7 Å². The minimum Gasteiger partial charge on any atom is -0.389 e. The van der Waals surface area contributed by atoms with Gasteiger partial charge in [-0.05, 0) is 37.1 Å². The molecule has 22 heavy (non-hydrogen) atoms. The van der Waals surface area contributed by atoms with Gasteiger partial charge in [0, 0.05) is 17.6 Å². The predicted octanol–water partition coefficient (Wildman–Crippen LogP) is 3.87. The molecule has 0 radical (unpaired) electrons. The van der Waals surface area contributed by atoms with Gasteiger partial charge >= 0.3 is 0 Å². The van der Waals surface area contributed by atoms with Gasteiger partial charge in [0.25, 0.3) is 0 Å². The minimum atomic E-state index is -0.422. The Balaban J connectivity index is 1.69. The maximum atomic E-state index is 10.2. The number of halogens is 1. The smallest absolute Gasteiger partial charge is 0.0900 e. The number of hydrogen-bond donors (Lipinski definition) is 1. The fraction of sp³-hybridized carbons (Fsp3) is 0.667. The molecule has 0 unspecified atom stereocenters. The molecule has 1 fully saturated rings. The van der Waals surface area contributed by atoms with Crippen LogP contribution in [-0.2, 0) is 11.3 Å². The average molecular weight is 326 g/mol. The van der Waals surface area contributed by atoms with Crippen LogP contribution < -0.4 is 0 Å². The van der Waals surface area contributed by atoms with Gasteiger partial charge in [-0.2, -0.15) is 0 Å². The van der Waals surface area contributed by atoms with Crippen molar-refractivity contribution in [3.63, 3.8) is 0 Å². The van der Waals surface area contributed by atoms with Crippen molar-refractivity contribution in [3.05, 3.63) is 34.9 Å². The second-order valence-corrected chi connectivity index (χ2v) is 6.61. The Morgan fingerprint density at radius 2 is 1.91 bits per heavy atom. The third kappa shape index (κ3) is 5.88. The minimum absolute atomic E-state index is 0.381. The van der Waals surface area contributed by atoms with Crippen molar-refractivity contribution in [3.8, 4) is 0 Å². The first-order chi connectivity index (χ1) is 10.7. The van der Waals surface area contributed by atoms with Crippen LogP contribution in [0.3, 0.4) is 0 Å². The molecular formula is C18H28ClNO2. The van der Waals surface area contributed by atoms with Gasteiger partial charge in [-0.25, -0.2) is 0 Å². The summed E-state index contributed by atoms with van der Waals surface area (Å²) in [6.07, 6.45) is 6.13. The Morgan fingerprint density at radius 3 is 2.55 bits per heavy atom.